The number of pyridine rings is 1. The molecule has 0 aliphatic heterocycles. The van der Waals surface area contributed by atoms with Crippen molar-refractivity contribution in [2.75, 3.05) is 6.54 Å². The second kappa shape index (κ2) is 14.1. The van der Waals surface area contributed by atoms with Gasteiger partial charge in [-0.3, -0.25) is 24.4 Å². The predicted molar refractivity (Wildman–Crippen MR) is 109 cm³/mol. The number of carbonyl (C=O) groups excluding carboxylic acids is 2. The third-order valence-corrected chi connectivity index (χ3v) is 4.12. The number of nitrogens with one attached hydrogen (secondary N) is 3. The summed E-state index contributed by atoms with van der Waals surface area (Å²) in [7, 11) is 0. The van der Waals surface area contributed by atoms with E-state index >= 15 is 0 Å². The molecule has 0 fully saturated rings. The molecule has 2 unspecified atom stereocenters. The number of carbonyl (C=O) groups is 3. The smallest absolute Gasteiger partial charge is 0.305 e. The Morgan fingerprint density at radius 2 is 2.10 bits per heavy atom. The number of nitrogens with two attached hydrogens (primary N) is 1. The Labute approximate surface area is 170 Å². The van der Waals surface area contributed by atoms with Crippen LogP contribution in [0.15, 0.2) is 29.5 Å². The molecule has 0 saturated heterocycles. The molecule has 6 N–H and O–H groups in total. The van der Waals surface area contributed by atoms with Crippen molar-refractivity contribution in [3.63, 3.8) is 0 Å². The van der Waals surface area contributed by atoms with Gasteiger partial charge < -0.3 is 21.2 Å². The number of unbranched alkanes of at least 4 members (excludes halogenated alkanes) is 1. The number of nitrogens with zero attached hydrogens (tertiary/aromatic N) is 2. The van der Waals surface area contributed by atoms with Crippen LogP contribution in [0.5, 0.6) is 0 Å². The molecule has 29 heavy (non-hydrogen) atoms. The van der Waals surface area contributed by atoms with Crippen molar-refractivity contribution in [2.45, 2.75) is 57.5 Å². The molecule has 2 amide bonds. The molecule has 160 valence electrons. The zero-order chi connectivity index (χ0) is 21.5. The summed E-state index contributed by atoms with van der Waals surface area (Å²) in [5.74, 6) is 3.39. The van der Waals surface area contributed by atoms with Gasteiger partial charge in [-0.1, -0.05) is 19.4 Å². The van der Waals surface area contributed by atoms with Crippen LogP contribution >= 0.6 is 0 Å². The quantitative estimate of drug-likeness (QED) is 0.0997. The van der Waals surface area contributed by atoms with Crippen LogP contribution in [0.4, 0.5) is 0 Å². The SMILES string of the molecule is CCCC(NC(=O)CCCCN=CNN)C(=O)NC(CC(=O)O)c1cccnc1. The van der Waals surface area contributed by atoms with E-state index in [4.69, 9.17) is 10.9 Å². The lowest BCUT2D eigenvalue weighted by Gasteiger charge is -2.22. The Kier molecular flexibility index (Phi) is 11.6. The second-order valence-corrected chi connectivity index (χ2v) is 6.51. The van der Waals surface area contributed by atoms with Gasteiger partial charge >= 0.3 is 5.97 Å². The number of aromatic nitrogens is 1. The maximum atomic E-state index is 12.7. The van der Waals surface area contributed by atoms with Crippen LogP contribution in [0.1, 0.15) is 57.1 Å². The average molecular weight is 406 g/mol. The van der Waals surface area contributed by atoms with E-state index in [1.807, 2.05) is 6.92 Å². The van der Waals surface area contributed by atoms with E-state index in [2.05, 4.69) is 26.0 Å². The number of hydrogen-bond donors (Lipinski definition) is 5. The van der Waals surface area contributed by atoms with Gasteiger partial charge in [0.1, 0.15) is 6.04 Å². The number of carboxylic acid groups (broad SMARTS) is 1. The third-order valence-electron chi connectivity index (χ3n) is 4.12. The summed E-state index contributed by atoms with van der Waals surface area (Å²) >= 11 is 0. The molecule has 1 heterocycles. The fourth-order valence-corrected chi connectivity index (χ4v) is 2.71. The molecular formula is C19H30N6O4. The number of carboxylic acids is 1. The van der Waals surface area contributed by atoms with E-state index in [0.717, 1.165) is 6.42 Å². The molecule has 1 rings (SSSR count). The summed E-state index contributed by atoms with van der Waals surface area (Å²) < 4.78 is 0. The standard InChI is InChI=1S/C19H30N6O4/c1-2-6-15(24-17(26)8-3-4-9-22-13-23-20)19(29)25-16(11-18(27)28)14-7-5-10-21-12-14/h5,7,10,12-13,15-16H,2-4,6,8-9,11,20H2,1H3,(H,22,23)(H,24,26)(H,25,29)(H,27,28). The molecule has 0 aromatic carbocycles. The Balaban J connectivity index is 2.63. The molecule has 0 radical (unpaired) electrons. The maximum Gasteiger partial charge on any atom is 0.305 e. The zero-order valence-corrected chi connectivity index (χ0v) is 16.6. The predicted octanol–water partition coefficient (Wildman–Crippen LogP) is 0.660. The lowest BCUT2D eigenvalue weighted by molar-refractivity contribution is -0.138. The summed E-state index contributed by atoms with van der Waals surface area (Å²) in [6, 6.07) is 1.94. The van der Waals surface area contributed by atoms with Crippen molar-refractivity contribution in [3.05, 3.63) is 30.1 Å². The topological polar surface area (TPSA) is 159 Å². The highest BCUT2D eigenvalue weighted by molar-refractivity contribution is 5.88. The highest BCUT2D eigenvalue weighted by Gasteiger charge is 2.24. The van der Waals surface area contributed by atoms with Gasteiger partial charge in [-0.2, -0.15) is 0 Å². The molecule has 10 nitrogen and oxygen atoms in total. The molecule has 0 saturated carbocycles. The number of hydrazine groups is 1. The van der Waals surface area contributed by atoms with E-state index in [9.17, 15) is 14.4 Å². The van der Waals surface area contributed by atoms with Crippen molar-refractivity contribution in [1.82, 2.24) is 21.0 Å². The summed E-state index contributed by atoms with van der Waals surface area (Å²) in [6.07, 6.45) is 6.97. The first-order valence-corrected chi connectivity index (χ1v) is 9.63. The lowest BCUT2D eigenvalue weighted by atomic mass is 10.0. The van der Waals surface area contributed by atoms with Crippen molar-refractivity contribution >= 4 is 24.1 Å². The minimum absolute atomic E-state index is 0.226. The van der Waals surface area contributed by atoms with Gasteiger partial charge in [0, 0.05) is 25.4 Å². The largest absolute Gasteiger partial charge is 0.481 e. The van der Waals surface area contributed by atoms with Crippen LogP contribution in [0, 0.1) is 0 Å². The normalized spacial score (nSPS) is 12.9. The van der Waals surface area contributed by atoms with Crippen LogP contribution < -0.4 is 21.9 Å². The van der Waals surface area contributed by atoms with E-state index in [1.165, 1.54) is 12.5 Å². The first-order chi connectivity index (χ1) is 14.0. The Bertz CT molecular complexity index is 668. The summed E-state index contributed by atoms with van der Waals surface area (Å²) in [5.41, 5.74) is 2.90. The molecular weight excluding hydrogens is 376 g/mol. The third kappa shape index (κ3) is 10.2. The van der Waals surface area contributed by atoms with Crippen molar-refractivity contribution in [2.24, 2.45) is 10.8 Å². The fourth-order valence-electron chi connectivity index (χ4n) is 2.71. The summed E-state index contributed by atoms with van der Waals surface area (Å²) in [4.78, 5) is 44.0. The van der Waals surface area contributed by atoms with E-state index in [0.29, 0.717) is 31.4 Å². The minimum Gasteiger partial charge on any atom is -0.481 e. The summed E-state index contributed by atoms with van der Waals surface area (Å²) in [5, 5.41) is 14.6. The maximum absolute atomic E-state index is 12.7. The van der Waals surface area contributed by atoms with Gasteiger partial charge in [0.25, 0.3) is 0 Å². The molecule has 2 atom stereocenters. The highest BCUT2D eigenvalue weighted by atomic mass is 16.4. The van der Waals surface area contributed by atoms with Crippen molar-refractivity contribution in [1.29, 1.82) is 0 Å². The van der Waals surface area contributed by atoms with Crippen molar-refractivity contribution < 1.29 is 19.5 Å². The van der Waals surface area contributed by atoms with Crippen LogP contribution in [0.2, 0.25) is 0 Å². The molecule has 1 aromatic heterocycles. The van der Waals surface area contributed by atoms with Crippen LogP contribution in [0.25, 0.3) is 0 Å². The minimum atomic E-state index is -1.04. The number of aliphatic imine (C=N–C) groups is 1. The van der Waals surface area contributed by atoms with E-state index in [1.54, 1.807) is 18.3 Å². The fraction of sp³-hybridized carbons (Fsp3) is 0.526. The molecule has 10 heteroatoms. The first-order valence-electron chi connectivity index (χ1n) is 9.63. The van der Waals surface area contributed by atoms with Gasteiger partial charge in [0.05, 0.1) is 18.8 Å². The zero-order valence-electron chi connectivity index (χ0n) is 16.6. The molecule has 0 spiro atoms. The van der Waals surface area contributed by atoms with Crippen LogP contribution in [-0.2, 0) is 14.4 Å². The Hall–Kier alpha value is -3.01. The van der Waals surface area contributed by atoms with E-state index in [-0.39, 0.29) is 18.7 Å². The number of rotatable bonds is 14. The van der Waals surface area contributed by atoms with Crippen LogP contribution in [-0.4, -0.2) is 46.8 Å². The number of amides is 2. The number of hydrogen-bond acceptors (Lipinski definition) is 6. The Morgan fingerprint density at radius 3 is 2.72 bits per heavy atom. The van der Waals surface area contributed by atoms with Crippen LogP contribution in [0.3, 0.4) is 0 Å². The Morgan fingerprint density at radius 1 is 1.31 bits per heavy atom. The van der Waals surface area contributed by atoms with Gasteiger partial charge in [-0.05, 0) is 30.9 Å². The molecule has 0 aliphatic carbocycles. The van der Waals surface area contributed by atoms with Gasteiger partial charge in [-0.25, -0.2) is 5.84 Å². The monoisotopic (exact) mass is 406 g/mol. The summed E-state index contributed by atoms with van der Waals surface area (Å²) in [6.45, 7) is 2.46. The van der Waals surface area contributed by atoms with E-state index < -0.39 is 24.0 Å². The lowest BCUT2D eigenvalue weighted by Crippen LogP contribution is -2.47. The van der Waals surface area contributed by atoms with Gasteiger partial charge in [-0.15, -0.1) is 0 Å². The average Bonchev–Trinajstić information content (AvgIpc) is 2.70. The van der Waals surface area contributed by atoms with Gasteiger partial charge in [0.15, 0.2) is 0 Å². The van der Waals surface area contributed by atoms with Gasteiger partial charge in [0.2, 0.25) is 11.8 Å². The highest BCUT2D eigenvalue weighted by Crippen LogP contribution is 2.16. The number of aliphatic carboxylic acids is 1. The second-order valence-electron chi connectivity index (χ2n) is 6.51. The van der Waals surface area contributed by atoms with Crippen molar-refractivity contribution in [3.8, 4) is 0 Å². The molecule has 1 aromatic rings. The molecule has 0 aliphatic rings. The first kappa shape index (κ1) is 24.0. The molecule has 0 bridgehead atoms.